The SMILES string of the molecule is CCOc1ccc(NC(=O)C(C)OC(=O)c2ccccc2C)cc1. The molecular weight excluding hydrogens is 306 g/mol. The third-order valence-corrected chi connectivity index (χ3v) is 3.45. The van der Waals surface area contributed by atoms with Crippen LogP contribution in [-0.2, 0) is 9.53 Å². The van der Waals surface area contributed by atoms with Crippen molar-refractivity contribution in [1.29, 1.82) is 0 Å². The van der Waals surface area contributed by atoms with Crippen molar-refractivity contribution in [2.75, 3.05) is 11.9 Å². The second-order valence-corrected chi connectivity index (χ2v) is 5.31. The van der Waals surface area contributed by atoms with Crippen molar-refractivity contribution in [2.45, 2.75) is 26.9 Å². The number of ether oxygens (including phenoxy) is 2. The molecular formula is C19H21NO4. The van der Waals surface area contributed by atoms with Gasteiger partial charge >= 0.3 is 5.97 Å². The van der Waals surface area contributed by atoms with E-state index in [0.717, 1.165) is 11.3 Å². The van der Waals surface area contributed by atoms with Crippen LogP contribution in [0.5, 0.6) is 5.75 Å². The molecule has 0 aliphatic carbocycles. The van der Waals surface area contributed by atoms with E-state index in [1.165, 1.54) is 0 Å². The quantitative estimate of drug-likeness (QED) is 0.824. The molecule has 1 unspecified atom stereocenters. The first-order valence-corrected chi connectivity index (χ1v) is 7.81. The smallest absolute Gasteiger partial charge is 0.339 e. The van der Waals surface area contributed by atoms with Gasteiger partial charge in [-0.15, -0.1) is 0 Å². The van der Waals surface area contributed by atoms with E-state index in [0.29, 0.717) is 17.9 Å². The highest BCUT2D eigenvalue weighted by molar-refractivity contribution is 5.97. The Morgan fingerprint density at radius 3 is 2.38 bits per heavy atom. The molecule has 0 heterocycles. The Balaban J connectivity index is 1.94. The Kier molecular flexibility index (Phi) is 5.95. The largest absolute Gasteiger partial charge is 0.494 e. The van der Waals surface area contributed by atoms with Gasteiger partial charge in [0.25, 0.3) is 5.91 Å². The predicted octanol–water partition coefficient (Wildman–Crippen LogP) is 3.58. The highest BCUT2D eigenvalue weighted by Gasteiger charge is 2.19. The van der Waals surface area contributed by atoms with E-state index in [2.05, 4.69) is 5.32 Å². The number of benzene rings is 2. The predicted molar refractivity (Wildman–Crippen MR) is 92.3 cm³/mol. The summed E-state index contributed by atoms with van der Waals surface area (Å²) in [4.78, 5) is 24.3. The molecule has 0 saturated heterocycles. The van der Waals surface area contributed by atoms with Crippen molar-refractivity contribution in [3.8, 4) is 5.75 Å². The van der Waals surface area contributed by atoms with Crippen LogP contribution < -0.4 is 10.1 Å². The fraction of sp³-hybridized carbons (Fsp3) is 0.263. The molecule has 24 heavy (non-hydrogen) atoms. The van der Waals surface area contributed by atoms with E-state index >= 15 is 0 Å². The lowest BCUT2D eigenvalue weighted by atomic mass is 10.1. The first kappa shape index (κ1) is 17.5. The van der Waals surface area contributed by atoms with E-state index in [1.807, 2.05) is 26.0 Å². The molecule has 2 rings (SSSR count). The zero-order valence-electron chi connectivity index (χ0n) is 14.0. The zero-order valence-corrected chi connectivity index (χ0v) is 14.0. The van der Waals surface area contributed by atoms with Gasteiger partial charge in [0, 0.05) is 5.69 Å². The van der Waals surface area contributed by atoms with Gasteiger partial charge in [-0.25, -0.2) is 4.79 Å². The Hall–Kier alpha value is -2.82. The van der Waals surface area contributed by atoms with Gasteiger partial charge in [-0.2, -0.15) is 0 Å². The number of hydrogen-bond donors (Lipinski definition) is 1. The minimum Gasteiger partial charge on any atom is -0.494 e. The number of carbonyl (C=O) groups is 2. The Morgan fingerprint density at radius 1 is 1.08 bits per heavy atom. The van der Waals surface area contributed by atoms with E-state index in [-0.39, 0.29) is 5.91 Å². The molecule has 5 heteroatoms. The molecule has 5 nitrogen and oxygen atoms in total. The van der Waals surface area contributed by atoms with Crippen LogP contribution in [0.3, 0.4) is 0 Å². The van der Waals surface area contributed by atoms with E-state index in [1.54, 1.807) is 43.3 Å². The lowest BCUT2D eigenvalue weighted by Gasteiger charge is -2.14. The van der Waals surface area contributed by atoms with Crippen LogP contribution in [-0.4, -0.2) is 24.6 Å². The van der Waals surface area contributed by atoms with E-state index < -0.39 is 12.1 Å². The third kappa shape index (κ3) is 4.59. The van der Waals surface area contributed by atoms with Crippen LogP contribution >= 0.6 is 0 Å². The monoisotopic (exact) mass is 327 g/mol. The highest BCUT2D eigenvalue weighted by atomic mass is 16.5. The second-order valence-electron chi connectivity index (χ2n) is 5.31. The van der Waals surface area contributed by atoms with Crippen LogP contribution in [0.2, 0.25) is 0 Å². The Labute approximate surface area is 141 Å². The van der Waals surface area contributed by atoms with Gasteiger partial charge in [-0.1, -0.05) is 18.2 Å². The summed E-state index contributed by atoms with van der Waals surface area (Å²) in [7, 11) is 0. The molecule has 0 aliphatic rings. The summed E-state index contributed by atoms with van der Waals surface area (Å²) >= 11 is 0. The average molecular weight is 327 g/mol. The summed E-state index contributed by atoms with van der Waals surface area (Å²) < 4.78 is 10.6. The molecule has 0 saturated carbocycles. The molecule has 1 atom stereocenters. The second kappa shape index (κ2) is 8.15. The minimum atomic E-state index is -0.899. The summed E-state index contributed by atoms with van der Waals surface area (Å²) in [5, 5.41) is 2.71. The lowest BCUT2D eigenvalue weighted by Crippen LogP contribution is -2.30. The molecule has 2 aromatic rings. The highest BCUT2D eigenvalue weighted by Crippen LogP contribution is 2.16. The van der Waals surface area contributed by atoms with Gasteiger partial charge in [0.15, 0.2) is 6.10 Å². The molecule has 0 spiro atoms. The van der Waals surface area contributed by atoms with Crippen molar-refractivity contribution in [2.24, 2.45) is 0 Å². The molecule has 0 fully saturated rings. The van der Waals surface area contributed by atoms with E-state index in [9.17, 15) is 9.59 Å². The third-order valence-electron chi connectivity index (χ3n) is 3.45. The van der Waals surface area contributed by atoms with Gasteiger partial charge in [0.05, 0.1) is 12.2 Å². The number of rotatable bonds is 6. The zero-order chi connectivity index (χ0) is 17.5. The van der Waals surface area contributed by atoms with Crippen molar-refractivity contribution in [3.05, 3.63) is 59.7 Å². The summed E-state index contributed by atoms with van der Waals surface area (Å²) in [5.41, 5.74) is 1.88. The number of anilines is 1. The molecule has 126 valence electrons. The van der Waals surface area contributed by atoms with Gasteiger partial charge in [0.2, 0.25) is 0 Å². The maximum absolute atomic E-state index is 12.2. The van der Waals surface area contributed by atoms with Crippen LogP contribution in [0, 0.1) is 6.92 Å². The van der Waals surface area contributed by atoms with Crippen LogP contribution in [0.1, 0.15) is 29.8 Å². The number of aryl methyl sites for hydroxylation is 1. The molecule has 1 N–H and O–H groups in total. The number of amides is 1. The van der Waals surface area contributed by atoms with Gasteiger partial charge < -0.3 is 14.8 Å². The van der Waals surface area contributed by atoms with E-state index in [4.69, 9.17) is 9.47 Å². The van der Waals surface area contributed by atoms with Crippen LogP contribution in [0.25, 0.3) is 0 Å². The van der Waals surface area contributed by atoms with Crippen molar-refractivity contribution in [1.82, 2.24) is 0 Å². The molecule has 2 aromatic carbocycles. The fourth-order valence-corrected chi connectivity index (χ4v) is 2.12. The molecule has 1 amide bonds. The van der Waals surface area contributed by atoms with Crippen molar-refractivity contribution >= 4 is 17.6 Å². The van der Waals surface area contributed by atoms with Gasteiger partial charge in [-0.05, 0) is 56.7 Å². The standard InChI is InChI=1S/C19H21NO4/c1-4-23-16-11-9-15(10-12-16)20-18(21)14(3)24-19(22)17-8-6-5-7-13(17)2/h5-12,14H,4H2,1-3H3,(H,20,21). The maximum atomic E-state index is 12.2. The Morgan fingerprint density at radius 2 is 1.75 bits per heavy atom. The molecule has 0 radical (unpaired) electrons. The molecule has 0 aliphatic heterocycles. The van der Waals surface area contributed by atoms with Crippen molar-refractivity contribution in [3.63, 3.8) is 0 Å². The summed E-state index contributed by atoms with van der Waals surface area (Å²) in [6, 6.07) is 14.1. The number of nitrogens with one attached hydrogen (secondary N) is 1. The Bertz CT molecular complexity index is 710. The van der Waals surface area contributed by atoms with Crippen molar-refractivity contribution < 1.29 is 19.1 Å². The number of hydrogen-bond acceptors (Lipinski definition) is 4. The summed E-state index contributed by atoms with van der Waals surface area (Å²) in [6.45, 7) is 5.85. The fourth-order valence-electron chi connectivity index (χ4n) is 2.12. The summed E-state index contributed by atoms with van der Waals surface area (Å²) in [6.07, 6.45) is -0.899. The first-order valence-electron chi connectivity index (χ1n) is 7.81. The molecule has 0 bridgehead atoms. The first-order chi connectivity index (χ1) is 11.5. The number of esters is 1. The normalized spacial score (nSPS) is 11.5. The van der Waals surface area contributed by atoms with Gasteiger partial charge in [-0.3, -0.25) is 4.79 Å². The minimum absolute atomic E-state index is 0.388. The van der Waals surface area contributed by atoms with Crippen LogP contribution in [0.4, 0.5) is 5.69 Å². The van der Waals surface area contributed by atoms with Crippen LogP contribution in [0.15, 0.2) is 48.5 Å². The van der Waals surface area contributed by atoms with Gasteiger partial charge in [0.1, 0.15) is 5.75 Å². The maximum Gasteiger partial charge on any atom is 0.339 e. The number of carbonyl (C=O) groups excluding carboxylic acids is 2. The topological polar surface area (TPSA) is 64.6 Å². The lowest BCUT2D eigenvalue weighted by molar-refractivity contribution is -0.123. The average Bonchev–Trinajstić information content (AvgIpc) is 2.57. The summed E-state index contributed by atoms with van der Waals surface area (Å²) in [5.74, 6) is -0.168. The molecule has 0 aromatic heterocycles.